The third kappa shape index (κ3) is 3.17. The molecule has 0 aliphatic carbocycles. The molecule has 4 nitrogen and oxygen atoms in total. The van der Waals surface area contributed by atoms with E-state index in [0.717, 1.165) is 28.9 Å². The van der Waals surface area contributed by atoms with Gasteiger partial charge in [0.1, 0.15) is 0 Å². The molecule has 1 N–H and O–H groups in total. The van der Waals surface area contributed by atoms with Gasteiger partial charge in [0.25, 0.3) is 0 Å². The number of rotatable bonds is 4. The minimum atomic E-state index is -0.439. The molecule has 0 spiro atoms. The fourth-order valence-corrected chi connectivity index (χ4v) is 2.13. The second kappa shape index (κ2) is 5.31. The van der Waals surface area contributed by atoms with Crippen molar-refractivity contribution in [2.24, 2.45) is 7.05 Å². The van der Waals surface area contributed by atoms with E-state index < -0.39 is 6.10 Å². The van der Waals surface area contributed by atoms with E-state index >= 15 is 0 Å². The molecule has 0 amide bonds. The lowest BCUT2D eigenvalue weighted by Gasteiger charge is -2.11. The minimum Gasteiger partial charge on any atom is -0.388 e. The van der Waals surface area contributed by atoms with Gasteiger partial charge in [-0.1, -0.05) is 0 Å². The second-order valence-corrected chi connectivity index (χ2v) is 4.76. The van der Waals surface area contributed by atoms with Crippen molar-refractivity contribution in [3.05, 3.63) is 47.0 Å². The predicted octanol–water partition coefficient (Wildman–Crippen LogP) is 2.10. The Hall–Kier alpha value is -1.68. The lowest BCUT2D eigenvalue weighted by molar-refractivity contribution is 0.167. The summed E-state index contributed by atoms with van der Waals surface area (Å²) in [5.74, 6) is 0. The van der Waals surface area contributed by atoms with Gasteiger partial charge in [0, 0.05) is 24.6 Å². The Morgan fingerprint density at radius 3 is 2.50 bits per heavy atom. The lowest BCUT2D eigenvalue weighted by Crippen LogP contribution is -2.01. The smallest absolute Gasteiger partial charge is 0.0794 e. The van der Waals surface area contributed by atoms with Crippen molar-refractivity contribution in [2.75, 3.05) is 0 Å². The molecule has 2 aromatic rings. The van der Waals surface area contributed by atoms with E-state index in [1.165, 1.54) is 0 Å². The van der Waals surface area contributed by atoms with Gasteiger partial charge in [-0.2, -0.15) is 5.10 Å². The fraction of sp³-hybridized carbons (Fsp3) is 0.429. The van der Waals surface area contributed by atoms with Crippen LogP contribution in [0.25, 0.3) is 0 Å². The van der Waals surface area contributed by atoms with Crippen molar-refractivity contribution >= 4 is 0 Å². The van der Waals surface area contributed by atoms with Crippen LogP contribution in [0.1, 0.15) is 35.0 Å². The van der Waals surface area contributed by atoms with Crippen molar-refractivity contribution in [2.45, 2.75) is 32.8 Å². The van der Waals surface area contributed by atoms with E-state index in [4.69, 9.17) is 0 Å². The van der Waals surface area contributed by atoms with Crippen LogP contribution in [0.15, 0.2) is 24.5 Å². The topological polar surface area (TPSA) is 50.9 Å². The highest BCUT2D eigenvalue weighted by molar-refractivity contribution is 5.22. The van der Waals surface area contributed by atoms with Crippen LogP contribution < -0.4 is 0 Å². The highest BCUT2D eigenvalue weighted by atomic mass is 16.3. The van der Waals surface area contributed by atoms with Crippen molar-refractivity contribution < 1.29 is 5.11 Å². The van der Waals surface area contributed by atoms with E-state index in [1.807, 2.05) is 45.4 Å². The first-order valence-electron chi connectivity index (χ1n) is 6.15. The Balaban J connectivity index is 2.01. The first-order chi connectivity index (χ1) is 8.54. The summed E-state index contributed by atoms with van der Waals surface area (Å²) in [7, 11) is 1.90. The summed E-state index contributed by atoms with van der Waals surface area (Å²) in [6.07, 6.45) is 4.92. The molecule has 2 aromatic heterocycles. The van der Waals surface area contributed by atoms with E-state index in [1.54, 1.807) is 4.68 Å². The Morgan fingerprint density at radius 1 is 1.28 bits per heavy atom. The molecule has 4 heteroatoms. The molecular weight excluding hydrogens is 226 g/mol. The van der Waals surface area contributed by atoms with Crippen LogP contribution in [0.4, 0.5) is 0 Å². The number of pyridine rings is 1. The van der Waals surface area contributed by atoms with Crippen LogP contribution in [0, 0.1) is 13.8 Å². The van der Waals surface area contributed by atoms with Crippen LogP contribution >= 0.6 is 0 Å². The molecular formula is C14H19N3O. The Labute approximate surface area is 107 Å². The molecule has 0 aromatic carbocycles. The Bertz CT molecular complexity index is 513. The maximum atomic E-state index is 10.2. The predicted molar refractivity (Wildman–Crippen MR) is 70.2 cm³/mol. The molecule has 0 radical (unpaired) electrons. The maximum absolute atomic E-state index is 10.2. The summed E-state index contributed by atoms with van der Waals surface area (Å²) in [5, 5.41) is 14.3. The van der Waals surface area contributed by atoms with Crippen molar-refractivity contribution in [3.8, 4) is 0 Å². The van der Waals surface area contributed by atoms with Crippen molar-refractivity contribution in [1.82, 2.24) is 14.8 Å². The molecule has 18 heavy (non-hydrogen) atoms. The van der Waals surface area contributed by atoms with Gasteiger partial charge in [0.15, 0.2) is 0 Å². The minimum absolute atomic E-state index is 0.439. The summed E-state index contributed by atoms with van der Waals surface area (Å²) in [5.41, 5.74) is 4.00. The standard InChI is InChI=1S/C14H19N3O/c1-10-6-13(7-11(2)16-10)14(18)5-4-12-8-15-17(3)9-12/h6-9,14,18H,4-5H2,1-3H3. The molecule has 2 rings (SSSR count). The van der Waals surface area contributed by atoms with Gasteiger partial charge in [-0.3, -0.25) is 9.67 Å². The van der Waals surface area contributed by atoms with Gasteiger partial charge >= 0.3 is 0 Å². The van der Waals surface area contributed by atoms with Gasteiger partial charge in [0.2, 0.25) is 0 Å². The van der Waals surface area contributed by atoms with Gasteiger partial charge in [-0.25, -0.2) is 0 Å². The largest absolute Gasteiger partial charge is 0.388 e. The number of nitrogens with zero attached hydrogens (tertiary/aromatic N) is 3. The normalized spacial score (nSPS) is 12.7. The maximum Gasteiger partial charge on any atom is 0.0794 e. The van der Waals surface area contributed by atoms with Crippen LogP contribution in [0.5, 0.6) is 0 Å². The summed E-state index contributed by atoms with van der Waals surface area (Å²) in [6, 6.07) is 3.89. The van der Waals surface area contributed by atoms with E-state index in [9.17, 15) is 5.11 Å². The fourth-order valence-electron chi connectivity index (χ4n) is 2.13. The number of aryl methyl sites for hydroxylation is 4. The van der Waals surface area contributed by atoms with Crippen LogP contribution in [0.3, 0.4) is 0 Å². The average Bonchev–Trinajstić information content (AvgIpc) is 2.70. The molecule has 2 heterocycles. The van der Waals surface area contributed by atoms with Gasteiger partial charge < -0.3 is 5.11 Å². The number of aliphatic hydroxyl groups is 1. The van der Waals surface area contributed by atoms with E-state index in [-0.39, 0.29) is 0 Å². The highest BCUT2D eigenvalue weighted by Crippen LogP contribution is 2.20. The van der Waals surface area contributed by atoms with E-state index in [0.29, 0.717) is 6.42 Å². The highest BCUT2D eigenvalue weighted by Gasteiger charge is 2.09. The van der Waals surface area contributed by atoms with Crippen LogP contribution in [0.2, 0.25) is 0 Å². The molecule has 0 saturated heterocycles. The summed E-state index contributed by atoms with van der Waals surface area (Å²) < 4.78 is 1.78. The zero-order chi connectivity index (χ0) is 13.1. The number of aromatic nitrogens is 3. The second-order valence-electron chi connectivity index (χ2n) is 4.76. The summed E-state index contributed by atoms with van der Waals surface area (Å²) in [6.45, 7) is 3.90. The third-order valence-electron chi connectivity index (χ3n) is 2.95. The molecule has 0 bridgehead atoms. The Morgan fingerprint density at radius 2 is 1.94 bits per heavy atom. The summed E-state index contributed by atoms with van der Waals surface area (Å²) >= 11 is 0. The van der Waals surface area contributed by atoms with Crippen LogP contribution in [-0.2, 0) is 13.5 Å². The third-order valence-corrected chi connectivity index (χ3v) is 2.95. The number of hydrogen-bond donors (Lipinski definition) is 1. The first-order valence-corrected chi connectivity index (χ1v) is 6.15. The number of aliphatic hydroxyl groups excluding tert-OH is 1. The Kier molecular flexibility index (Phi) is 3.77. The quantitative estimate of drug-likeness (QED) is 0.897. The van der Waals surface area contributed by atoms with Crippen molar-refractivity contribution in [3.63, 3.8) is 0 Å². The zero-order valence-electron chi connectivity index (χ0n) is 11.1. The monoisotopic (exact) mass is 245 g/mol. The molecule has 96 valence electrons. The average molecular weight is 245 g/mol. The zero-order valence-corrected chi connectivity index (χ0v) is 11.1. The molecule has 0 aliphatic heterocycles. The number of hydrogen-bond acceptors (Lipinski definition) is 3. The van der Waals surface area contributed by atoms with Gasteiger partial charge in [-0.15, -0.1) is 0 Å². The summed E-state index contributed by atoms with van der Waals surface area (Å²) in [4.78, 5) is 4.31. The SMILES string of the molecule is Cc1cc(C(O)CCc2cnn(C)c2)cc(C)n1. The van der Waals surface area contributed by atoms with Gasteiger partial charge in [0.05, 0.1) is 12.3 Å². The van der Waals surface area contributed by atoms with Gasteiger partial charge in [-0.05, 0) is 49.9 Å². The van der Waals surface area contributed by atoms with E-state index in [2.05, 4.69) is 10.1 Å². The molecule has 0 saturated carbocycles. The van der Waals surface area contributed by atoms with Crippen molar-refractivity contribution in [1.29, 1.82) is 0 Å². The first kappa shape index (κ1) is 12.8. The lowest BCUT2D eigenvalue weighted by atomic mass is 10.0. The molecule has 0 aliphatic rings. The molecule has 1 unspecified atom stereocenters. The van der Waals surface area contributed by atoms with Crippen LogP contribution in [-0.4, -0.2) is 19.9 Å². The molecule has 0 fully saturated rings. The molecule has 1 atom stereocenters.